The molecule has 310 valence electrons. The Balaban J connectivity index is 0.752. The number of rotatable bonds is 11. The quantitative estimate of drug-likeness (QED) is 0.185. The van der Waals surface area contributed by atoms with Gasteiger partial charge in [-0.25, -0.2) is 18.2 Å². The third-order valence-electron chi connectivity index (χ3n) is 12.7. The predicted octanol–water partition coefficient (Wildman–Crippen LogP) is 3.86. The number of amides is 2. The van der Waals surface area contributed by atoms with Crippen molar-refractivity contribution in [3.8, 4) is 0 Å². The summed E-state index contributed by atoms with van der Waals surface area (Å²) in [5, 5.41) is 6.38. The fraction of sp³-hybridized carbons (Fsp3) is 0.476. The van der Waals surface area contributed by atoms with Crippen molar-refractivity contribution in [3.05, 3.63) is 86.7 Å². The number of pyridine rings is 1. The monoisotopic (exact) mass is 823 g/mol. The summed E-state index contributed by atoms with van der Waals surface area (Å²) in [6.45, 7) is 5.50. The van der Waals surface area contributed by atoms with E-state index in [4.69, 9.17) is 9.72 Å². The fourth-order valence-electron chi connectivity index (χ4n) is 9.23. The molecule has 59 heavy (non-hydrogen) atoms. The number of sulfonamides is 1. The molecule has 17 heteroatoms. The Morgan fingerprint density at radius 1 is 0.898 bits per heavy atom. The lowest BCUT2D eigenvalue weighted by Crippen LogP contribution is -2.55. The molecule has 3 aromatic heterocycles. The minimum absolute atomic E-state index is 0.0682. The van der Waals surface area contributed by atoms with Gasteiger partial charge in [-0.15, -0.1) is 0 Å². The molecule has 4 aliphatic rings. The van der Waals surface area contributed by atoms with Crippen LogP contribution in [0.3, 0.4) is 0 Å². The van der Waals surface area contributed by atoms with Gasteiger partial charge in [-0.2, -0.15) is 9.29 Å². The van der Waals surface area contributed by atoms with Crippen LogP contribution in [0.1, 0.15) is 80.5 Å². The number of imide groups is 1. The van der Waals surface area contributed by atoms with E-state index in [1.807, 2.05) is 19.1 Å². The number of nitrogens with one attached hydrogen (secondary N) is 2. The highest BCUT2D eigenvalue weighted by molar-refractivity contribution is 7.89. The molecule has 0 radical (unpaired) electrons. The number of imidazole rings is 1. The summed E-state index contributed by atoms with van der Waals surface area (Å²) in [5.41, 5.74) is 4.29. The minimum Gasteiger partial charge on any atom is -0.374 e. The number of likely N-dealkylation sites (tertiary alicyclic amines) is 1. The van der Waals surface area contributed by atoms with E-state index in [1.165, 1.54) is 8.87 Å². The van der Waals surface area contributed by atoms with Crippen molar-refractivity contribution in [1.82, 2.24) is 38.2 Å². The number of hydrogen-bond acceptors (Lipinski definition) is 11. The number of piperidine rings is 2. The predicted molar refractivity (Wildman–Crippen MR) is 221 cm³/mol. The van der Waals surface area contributed by atoms with Gasteiger partial charge >= 0.3 is 5.69 Å². The number of carbonyl (C=O) groups excluding carboxylic acids is 2. The van der Waals surface area contributed by atoms with Crippen LogP contribution < -0.4 is 21.9 Å². The first-order chi connectivity index (χ1) is 28.4. The Labute approximate surface area is 341 Å². The molecule has 0 spiro atoms. The van der Waals surface area contributed by atoms with E-state index in [0.717, 1.165) is 80.2 Å². The number of ether oxygens (including phenoxy) is 1. The summed E-state index contributed by atoms with van der Waals surface area (Å²) < 4.78 is 39.5. The molecule has 6 heterocycles. The number of carbonyl (C=O) groups is 2. The van der Waals surface area contributed by atoms with Gasteiger partial charge in [0, 0.05) is 62.5 Å². The number of hydrogen-bond donors (Lipinski definition) is 2. The number of anilines is 2. The molecule has 2 aromatic carbocycles. The van der Waals surface area contributed by atoms with Gasteiger partial charge < -0.3 is 15.0 Å². The van der Waals surface area contributed by atoms with E-state index >= 15 is 0 Å². The topological polar surface area (TPSA) is 183 Å². The second-order valence-electron chi connectivity index (χ2n) is 16.4. The number of nitrogens with zero attached hydrogens (tertiary/aromatic N) is 7. The second-order valence-corrected chi connectivity index (χ2v) is 18.3. The molecule has 2 amide bonds. The van der Waals surface area contributed by atoms with Crippen molar-refractivity contribution in [2.45, 2.75) is 87.3 Å². The van der Waals surface area contributed by atoms with Gasteiger partial charge in [-0.05, 0) is 106 Å². The van der Waals surface area contributed by atoms with E-state index in [2.05, 4.69) is 26.6 Å². The maximum absolute atomic E-state index is 13.5. The molecule has 0 bridgehead atoms. The zero-order chi connectivity index (χ0) is 41.0. The molecule has 1 aliphatic carbocycles. The first-order valence-corrected chi connectivity index (χ1v) is 22.0. The molecule has 1 atom stereocenters. The Bertz CT molecular complexity index is 2690. The van der Waals surface area contributed by atoms with Crippen LogP contribution in [0.2, 0.25) is 0 Å². The van der Waals surface area contributed by atoms with Crippen molar-refractivity contribution >= 4 is 55.5 Å². The number of benzene rings is 2. The largest absolute Gasteiger partial charge is 0.374 e. The highest BCUT2D eigenvalue weighted by Crippen LogP contribution is 2.33. The first-order valence-electron chi connectivity index (χ1n) is 20.6. The third kappa shape index (κ3) is 7.49. The normalized spacial score (nSPS) is 20.4. The van der Waals surface area contributed by atoms with Crippen molar-refractivity contribution in [3.63, 3.8) is 0 Å². The molecule has 4 fully saturated rings. The van der Waals surface area contributed by atoms with Gasteiger partial charge in [0.15, 0.2) is 0 Å². The van der Waals surface area contributed by atoms with Crippen LogP contribution >= 0.6 is 0 Å². The Morgan fingerprint density at radius 2 is 1.68 bits per heavy atom. The molecule has 9 rings (SSSR count). The first kappa shape index (κ1) is 39.2. The average molecular weight is 824 g/mol. The fourth-order valence-corrected chi connectivity index (χ4v) is 10.8. The maximum Gasteiger partial charge on any atom is 0.329 e. The zero-order valence-electron chi connectivity index (χ0n) is 33.3. The van der Waals surface area contributed by atoms with E-state index in [0.29, 0.717) is 54.8 Å². The van der Waals surface area contributed by atoms with Gasteiger partial charge in [0.1, 0.15) is 11.7 Å². The smallest absolute Gasteiger partial charge is 0.329 e. The van der Waals surface area contributed by atoms with E-state index in [-0.39, 0.29) is 40.6 Å². The van der Waals surface area contributed by atoms with Gasteiger partial charge in [0.05, 0.1) is 28.6 Å². The second kappa shape index (κ2) is 15.7. The lowest BCUT2D eigenvalue weighted by atomic mass is 9.89. The van der Waals surface area contributed by atoms with Crippen molar-refractivity contribution < 1.29 is 22.7 Å². The molecule has 3 saturated heterocycles. The Morgan fingerprint density at radius 3 is 2.42 bits per heavy atom. The van der Waals surface area contributed by atoms with Gasteiger partial charge in [-0.3, -0.25) is 33.4 Å². The van der Waals surface area contributed by atoms with Crippen LogP contribution in [0.5, 0.6) is 0 Å². The number of aromatic nitrogens is 5. The summed E-state index contributed by atoms with van der Waals surface area (Å²) in [4.78, 5) is 62.0. The van der Waals surface area contributed by atoms with Gasteiger partial charge in [0.25, 0.3) is 5.56 Å². The highest BCUT2D eigenvalue weighted by Gasteiger charge is 2.38. The molecular formula is C42H49N9O7S. The van der Waals surface area contributed by atoms with E-state index in [1.54, 1.807) is 52.7 Å². The molecule has 5 aromatic rings. The van der Waals surface area contributed by atoms with Crippen LogP contribution in [0.4, 0.5) is 11.6 Å². The molecular weight excluding hydrogens is 775 g/mol. The van der Waals surface area contributed by atoms with Crippen molar-refractivity contribution in [2.24, 2.45) is 7.05 Å². The highest BCUT2D eigenvalue weighted by atomic mass is 32.2. The molecule has 1 saturated carbocycles. The van der Waals surface area contributed by atoms with Crippen LogP contribution in [-0.2, 0) is 31.4 Å². The molecule has 3 aliphatic heterocycles. The lowest BCUT2D eigenvalue weighted by molar-refractivity contribution is -0.135. The average Bonchev–Trinajstić information content (AvgIpc) is 3.82. The lowest BCUT2D eigenvalue weighted by Gasteiger charge is -2.38. The third-order valence-corrected chi connectivity index (χ3v) is 14.5. The standard InChI is InChI=1S/C42H49N9O7S/c1-26-21-32(9-10-33(26)44-41-43-23-29-8-14-38(53)50(39(29)46-41)30-5-3-4-6-30)59(56,57)49-24-31(25-49)58-20-19-48-17-15-27(16-18-48)28-7-11-34-36(22-28)47(2)42(55)51(34)35-12-13-37(52)45-40(35)54/h7-11,14,21-23,27,30-31,35H,3-6,12-13,15-20,24-25H2,1-2H3,(H,43,44,46)(H,45,52,54). The minimum atomic E-state index is -3.71. The zero-order valence-corrected chi connectivity index (χ0v) is 34.1. The van der Waals surface area contributed by atoms with Crippen molar-refractivity contribution in [2.75, 3.05) is 44.6 Å². The van der Waals surface area contributed by atoms with Gasteiger partial charge in [0.2, 0.25) is 27.8 Å². The number of fused-ring (bicyclic) bond motifs is 2. The van der Waals surface area contributed by atoms with Crippen molar-refractivity contribution in [1.29, 1.82) is 0 Å². The summed E-state index contributed by atoms with van der Waals surface area (Å²) in [6, 6.07) is 13.7. The van der Waals surface area contributed by atoms with Gasteiger partial charge in [-0.1, -0.05) is 18.9 Å². The SMILES string of the molecule is Cc1cc(S(=O)(=O)N2CC(OCCN3CCC(c4ccc5c(c4)n(C)c(=O)n5C4CCC(=O)NC4=O)CC3)C2)ccc1Nc1ncc2ccc(=O)n(C3CCCC3)c2n1. The maximum atomic E-state index is 13.5. The van der Waals surface area contributed by atoms with E-state index < -0.39 is 22.0 Å². The summed E-state index contributed by atoms with van der Waals surface area (Å²) in [7, 11) is -1.99. The summed E-state index contributed by atoms with van der Waals surface area (Å²) in [6.07, 6.45) is 8.03. The Hall–Kier alpha value is -5.23. The van der Waals surface area contributed by atoms with Crippen LogP contribution in [0.25, 0.3) is 22.1 Å². The van der Waals surface area contributed by atoms with Crippen LogP contribution in [0, 0.1) is 6.92 Å². The molecule has 16 nitrogen and oxygen atoms in total. The number of aryl methyl sites for hydroxylation is 2. The van der Waals surface area contributed by atoms with Crippen LogP contribution in [-0.4, -0.2) is 98.5 Å². The van der Waals surface area contributed by atoms with Crippen LogP contribution in [0.15, 0.2) is 69.2 Å². The molecule has 1 unspecified atom stereocenters. The van der Waals surface area contributed by atoms with E-state index in [9.17, 15) is 27.6 Å². The molecule has 2 N–H and O–H groups in total. The summed E-state index contributed by atoms with van der Waals surface area (Å²) in [5.74, 6) is -0.0796. The Kier molecular flexibility index (Phi) is 10.5. The summed E-state index contributed by atoms with van der Waals surface area (Å²) >= 11 is 0.